The van der Waals surface area contributed by atoms with E-state index in [9.17, 15) is 24.3 Å². The number of benzene rings is 2. The van der Waals surface area contributed by atoms with Crippen molar-refractivity contribution in [3.63, 3.8) is 0 Å². The zero-order valence-electron chi connectivity index (χ0n) is 36.9. The summed E-state index contributed by atoms with van der Waals surface area (Å²) in [6.07, 6.45) is 3.07. The SMILES string of the molecule is CCn1c(-c2cccnc2COC)c2c3cc(ccc31)-c1cc(O)cc(c1)C[C@H](NC(=O)[C@H](C(C)C)N(C)C(=O)OC1COC1)C(=O)N1CCCC(C=O)(COCC(C)(C)C2)N1. The van der Waals surface area contributed by atoms with Crippen molar-refractivity contribution in [1.29, 1.82) is 0 Å². The van der Waals surface area contributed by atoms with E-state index >= 15 is 0 Å². The molecule has 3 aliphatic heterocycles. The number of nitrogens with one attached hydrogen (secondary N) is 2. The largest absolute Gasteiger partial charge is 0.508 e. The second kappa shape index (κ2) is 18.6. The minimum atomic E-state index is -1.21. The predicted octanol–water partition coefficient (Wildman–Crippen LogP) is 5.42. The number of phenolic OH excluding ortho intramolecular Hbond substituents is 1. The van der Waals surface area contributed by atoms with Crippen LogP contribution in [0, 0.1) is 11.3 Å². The number of aryl methyl sites for hydroxylation is 1. The number of rotatable bonds is 10. The molecule has 7 rings (SSSR count). The summed E-state index contributed by atoms with van der Waals surface area (Å²) in [4.78, 5) is 61.1. The van der Waals surface area contributed by atoms with Crippen LogP contribution in [0.4, 0.5) is 4.79 Å². The van der Waals surface area contributed by atoms with Crippen molar-refractivity contribution in [2.24, 2.45) is 11.3 Å². The molecule has 4 aromatic rings. The van der Waals surface area contributed by atoms with Gasteiger partial charge in [0.05, 0.1) is 44.4 Å². The molecule has 0 radical (unpaired) electrons. The summed E-state index contributed by atoms with van der Waals surface area (Å²) >= 11 is 0. The van der Waals surface area contributed by atoms with E-state index in [2.05, 4.69) is 54.3 Å². The Morgan fingerprint density at radius 3 is 2.60 bits per heavy atom. The Bertz CT molecular complexity index is 2300. The van der Waals surface area contributed by atoms with Gasteiger partial charge in [-0.15, -0.1) is 0 Å². The first-order chi connectivity index (χ1) is 29.7. The number of phenols is 1. The van der Waals surface area contributed by atoms with E-state index in [1.807, 2.05) is 32.0 Å². The topological polar surface area (TPSA) is 174 Å². The Labute approximate surface area is 363 Å². The molecule has 1 unspecified atom stereocenters. The average molecular weight is 853 g/mol. The summed E-state index contributed by atoms with van der Waals surface area (Å²) < 4.78 is 25.0. The van der Waals surface area contributed by atoms with Crippen molar-refractivity contribution in [2.45, 2.75) is 97.2 Å². The predicted molar refractivity (Wildman–Crippen MR) is 233 cm³/mol. The molecule has 2 fully saturated rings. The number of likely N-dealkylation sites (N-methyl/N-ethyl adjacent to an activating group) is 1. The molecule has 332 valence electrons. The van der Waals surface area contributed by atoms with Crippen LogP contribution in [0.5, 0.6) is 5.75 Å². The van der Waals surface area contributed by atoms with Crippen molar-refractivity contribution in [1.82, 2.24) is 30.2 Å². The van der Waals surface area contributed by atoms with Crippen LogP contribution in [-0.4, -0.2) is 120 Å². The third-order valence-corrected chi connectivity index (χ3v) is 12.1. The summed E-state index contributed by atoms with van der Waals surface area (Å²) in [6, 6.07) is 13.4. The molecule has 62 heavy (non-hydrogen) atoms. The number of amides is 3. The fourth-order valence-electron chi connectivity index (χ4n) is 9.07. The number of methoxy groups -OCH3 is 1. The van der Waals surface area contributed by atoms with E-state index in [0.29, 0.717) is 44.6 Å². The average Bonchev–Trinajstić information content (AvgIpc) is 3.52. The molecule has 6 bridgehead atoms. The molecule has 0 aliphatic carbocycles. The maximum atomic E-state index is 14.7. The van der Waals surface area contributed by atoms with E-state index < -0.39 is 47.0 Å². The van der Waals surface area contributed by atoms with Crippen LogP contribution in [0.3, 0.4) is 0 Å². The highest BCUT2D eigenvalue weighted by molar-refractivity contribution is 5.96. The molecule has 2 aromatic heterocycles. The number of carbonyl (C=O) groups excluding carboxylic acids is 4. The number of aromatic nitrogens is 2. The molecule has 3 aliphatic rings. The van der Waals surface area contributed by atoms with E-state index in [4.69, 9.17) is 23.9 Å². The smallest absolute Gasteiger partial charge is 0.410 e. The standard InChI is InChI=1S/C47H60N6O9/c1-8-52-40-13-12-31-21-36(40)37(42(52)35-11-9-15-48-39(35)25-59-7)22-46(4,5)27-61-28-47(26-54)14-10-16-53(50-47)44(57)38(19-30-17-32(31)20-33(55)18-30)49-43(56)41(29(2)3)51(6)45(58)62-34-23-60-24-34/h9,11-13,15,17-18,20-21,26,29,34,38,41,50,55H,8,10,14,16,19,22-25,27-28H2,1-7H3,(H,49,56)/t38-,41-,47?/m0/s1. The van der Waals surface area contributed by atoms with Crippen LogP contribution in [0.1, 0.15) is 64.3 Å². The van der Waals surface area contributed by atoms with Gasteiger partial charge in [0.2, 0.25) is 5.91 Å². The van der Waals surface area contributed by atoms with Crippen molar-refractivity contribution in [2.75, 3.05) is 47.1 Å². The van der Waals surface area contributed by atoms with Gasteiger partial charge in [-0.05, 0) is 96.2 Å². The van der Waals surface area contributed by atoms with Crippen LogP contribution in [-0.2, 0) is 59.3 Å². The summed E-state index contributed by atoms with van der Waals surface area (Å²) in [6.45, 7) is 12.2. The van der Waals surface area contributed by atoms with Crippen LogP contribution in [0.15, 0.2) is 54.7 Å². The molecular formula is C47H60N6O9. The van der Waals surface area contributed by atoms with Gasteiger partial charge in [-0.3, -0.25) is 24.5 Å². The molecule has 0 saturated carbocycles. The van der Waals surface area contributed by atoms with E-state index in [-0.39, 0.29) is 44.5 Å². The number of pyridine rings is 1. The van der Waals surface area contributed by atoms with E-state index in [1.165, 1.54) is 17.0 Å². The summed E-state index contributed by atoms with van der Waals surface area (Å²) in [7, 11) is 3.16. The fourth-order valence-corrected chi connectivity index (χ4v) is 9.07. The number of carbonyl (C=O) groups is 4. The highest BCUT2D eigenvalue weighted by Gasteiger charge is 2.41. The second-order valence-electron chi connectivity index (χ2n) is 18.0. The molecule has 3 amide bonds. The van der Waals surface area contributed by atoms with Gasteiger partial charge in [0.25, 0.3) is 5.91 Å². The summed E-state index contributed by atoms with van der Waals surface area (Å²) in [5.41, 5.74) is 8.72. The number of ether oxygens (including phenoxy) is 4. The number of hydrazine groups is 1. The van der Waals surface area contributed by atoms with Gasteiger partial charge in [0.1, 0.15) is 29.7 Å². The zero-order chi connectivity index (χ0) is 44.3. The Balaban J connectivity index is 1.34. The van der Waals surface area contributed by atoms with Crippen molar-refractivity contribution in [3.8, 4) is 28.1 Å². The maximum absolute atomic E-state index is 14.7. The normalized spacial score (nSPS) is 21.2. The Kier molecular flexibility index (Phi) is 13.4. The molecule has 3 N–H and O–H groups in total. The minimum absolute atomic E-state index is 0.00550. The Hall–Kier alpha value is -5.35. The number of hydrogen-bond acceptors (Lipinski definition) is 11. The third kappa shape index (κ3) is 9.36. The van der Waals surface area contributed by atoms with E-state index in [1.54, 1.807) is 25.4 Å². The van der Waals surface area contributed by atoms with Crippen LogP contribution in [0.2, 0.25) is 0 Å². The van der Waals surface area contributed by atoms with Gasteiger partial charge in [0, 0.05) is 56.3 Å². The monoisotopic (exact) mass is 852 g/mol. The van der Waals surface area contributed by atoms with Crippen LogP contribution >= 0.6 is 0 Å². The molecule has 15 nitrogen and oxygen atoms in total. The quantitative estimate of drug-likeness (QED) is 0.174. The van der Waals surface area contributed by atoms with Crippen molar-refractivity contribution >= 4 is 35.1 Å². The maximum Gasteiger partial charge on any atom is 0.410 e. The molecule has 5 heterocycles. The first-order valence-corrected chi connectivity index (χ1v) is 21.5. The van der Waals surface area contributed by atoms with Gasteiger partial charge in [0.15, 0.2) is 6.10 Å². The highest BCUT2D eigenvalue weighted by atomic mass is 16.6. The second-order valence-corrected chi connectivity index (χ2v) is 18.0. The summed E-state index contributed by atoms with van der Waals surface area (Å²) in [5.74, 6) is -1.38. The van der Waals surface area contributed by atoms with Crippen LogP contribution in [0.25, 0.3) is 33.3 Å². The van der Waals surface area contributed by atoms with E-state index in [0.717, 1.165) is 50.8 Å². The molecule has 2 aromatic carbocycles. The van der Waals surface area contributed by atoms with Gasteiger partial charge in [-0.25, -0.2) is 10.2 Å². The first-order valence-electron chi connectivity index (χ1n) is 21.5. The molecular weight excluding hydrogens is 793 g/mol. The summed E-state index contributed by atoms with van der Waals surface area (Å²) in [5, 5.41) is 16.7. The zero-order valence-corrected chi connectivity index (χ0v) is 36.9. The van der Waals surface area contributed by atoms with Gasteiger partial charge in [-0.1, -0.05) is 39.8 Å². The molecule has 3 atom stereocenters. The lowest BCUT2D eigenvalue weighted by Gasteiger charge is -2.42. The molecule has 2 saturated heterocycles. The number of hydrogen-bond donors (Lipinski definition) is 3. The number of nitrogens with zero attached hydrogens (tertiary/aromatic N) is 4. The lowest BCUT2D eigenvalue weighted by molar-refractivity contribution is -0.147. The van der Waals surface area contributed by atoms with Gasteiger partial charge >= 0.3 is 6.09 Å². The van der Waals surface area contributed by atoms with Crippen molar-refractivity contribution in [3.05, 3.63) is 71.5 Å². The molecule has 15 heteroatoms. The third-order valence-electron chi connectivity index (χ3n) is 12.1. The fraction of sp³-hybridized carbons (Fsp3) is 0.511. The van der Waals surface area contributed by atoms with Gasteiger partial charge < -0.3 is 38.7 Å². The van der Waals surface area contributed by atoms with Crippen LogP contribution < -0.4 is 10.7 Å². The lowest BCUT2D eigenvalue weighted by atomic mass is 9.84. The van der Waals surface area contributed by atoms with Gasteiger partial charge in [-0.2, -0.15) is 0 Å². The number of aldehydes is 1. The minimum Gasteiger partial charge on any atom is -0.508 e. The molecule has 0 spiro atoms. The number of aromatic hydroxyl groups is 1. The van der Waals surface area contributed by atoms with Crippen molar-refractivity contribution < 1.29 is 43.2 Å². The first kappa shape index (κ1) is 44.7. The highest BCUT2D eigenvalue weighted by Crippen LogP contribution is 2.41. The lowest BCUT2D eigenvalue weighted by Crippen LogP contribution is -2.66. The Morgan fingerprint density at radius 2 is 1.90 bits per heavy atom. The number of fused-ring (bicyclic) bond motifs is 6. The Morgan fingerprint density at radius 1 is 1.11 bits per heavy atom.